The van der Waals surface area contributed by atoms with Gasteiger partial charge in [0.25, 0.3) is 11.8 Å². The van der Waals surface area contributed by atoms with Gasteiger partial charge in [-0.15, -0.1) is 11.3 Å². The van der Waals surface area contributed by atoms with Gasteiger partial charge in [0.2, 0.25) is 5.60 Å². The van der Waals surface area contributed by atoms with E-state index in [1.807, 2.05) is 49.9 Å². The maximum Gasteiger partial charge on any atom is 0.418 e. The van der Waals surface area contributed by atoms with Gasteiger partial charge in [0.1, 0.15) is 5.00 Å². The predicted octanol–water partition coefficient (Wildman–Crippen LogP) is 4.03. The van der Waals surface area contributed by atoms with Crippen LogP contribution in [-0.4, -0.2) is 88.1 Å². The first-order valence-electron chi connectivity index (χ1n) is 13.4. The van der Waals surface area contributed by atoms with Crippen molar-refractivity contribution in [3.05, 3.63) is 29.8 Å². The summed E-state index contributed by atoms with van der Waals surface area (Å²) in [7, 11) is 0. The number of nitrogens with one attached hydrogen (secondary N) is 2. The molecular weight excluding hydrogens is 522 g/mol. The van der Waals surface area contributed by atoms with Crippen LogP contribution in [0.15, 0.2) is 24.3 Å². The number of imide groups is 1. The zero-order chi connectivity index (χ0) is 27.0. The summed E-state index contributed by atoms with van der Waals surface area (Å²) < 4.78 is 6.76. The van der Waals surface area contributed by atoms with Gasteiger partial charge < -0.3 is 20.3 Å². The number of nitrogens with zero attached hydrogens (tertiary/aromatic N) is 3. The van der Waals surface area contributed by atoms with Crippen LogP contribution >= 0.6 is 23.6 Å². The van der Waals surface area contributed by atoms with E-state index in [0.717, 1.165) is 40.9 Å². The minimum absolute atomic E-state index is 0.00490. The highest BCUT2D eigenvalue weighted by Gasteiger charge is 2.56. The second-order valence-electron chi connectivity index (χ2n) is 10.5. The molecule has 2 aromatic rings. The summed E-state index contributed by atoms with van der Waals surface area (Å²) in [6.07, 6.45) is 2.43. The standard InChI is InChI=1S/C27H35N5O4S2/c1-4-28-25(37)29-22-21(19-8-5-6-9-20(19)38-22)23(33)30-14-10-18(11-15-30)31-13-7-12-27(16-31)24(34)32(17(2)3)26(35)36-27/h5-6,8-9,17-18H,4,7,10-16H2,1-3H3,(H2,28,29,37). The van der Waals surface area contributed by atoms with Crippen molar-refractivity contribution >= 4 is 61.7 Å². The van der Waals surface area contributed by atoms with Crippen molar-refractivity contribution in [1.29, 1.82) is 0 Å². The number of ether oxygens (including phenoxy) is 1. The van der Waals surface area contributed by atoms with E-state index < -0.39 is 11.7 Å². The van der Waals surface area contributed by atoms with Gasteiger partial charge in [-0.2, -0.15) is 0 Å². The molecule has 3 amide bonds. The van der Waals surface area contributed by atoms with E-state index >= 15 is 0 Å². The highest BCUT2D eigenvalue weighted by molar-refractivity contribution is 7.80. The van der Waals surface area contributed by atoms with Crippen LogP contribution in [-0.2, 0) is 9.53 Å². The lowest BCUT2D eigenvalue weighted by Gasteiger charge is -2.44. The Morgan fingerprint density at radius 3 is 2.63 bits per heavy atom. The normalized spacial score (nSPS) is 22.9. The molecule has 3 aliphatic rings. The summed E-state index contributed by atoms with van der Waals surface area (Å²) >= 11 is 6.94. The van der Waals surface area contributed by atoms with E-state index in [2.05, 4.69) is 15.5 Å². The number of fused-ring (bicyclic) bond motifs is 1. The van der Waals surface area contributed by atoms with Crippen LogP contribution in [0.5, 0.6) is 0 Å². The van der Waals surface area contributed by atoms with E-state index in [0.29, 0.717) is 43.3 Å². The van der Waals surface area contributed by atoms with Crippen LogP contribution in [0.4, 0.5) is 9.80 Å². The van der Waals surface area contributed by atoms with Crippen LogP contribution in [0.2, 0.25) is 0 Å². The van der Waals surface area contributed by atoms with E-state index in [4.69, 9.17) is 17.0 Å². The molecule has 0 aliphatic carbocycles. The number of amides is 3. The second-order valence-corrected chi connectivity index (χ2v) is 12.0. The van der Waals surface area contributed by atoms with Gasteiger partial charge in [-0.05, 0) is 71.3 Å². The molecule has 1 unspecified atom stereocenters. The molecule has 1 aromatic carbocycles. The maximum absolute atomic E-state index is 13.8. The lowest BCUT2D eigenvalue weighted by atomic mass is 9.89. The van der Waals surface area contributed by atoms with E-state index in [1.165, 1.54) is 16.2 Å². The number of piperidine rings is 2. The van der Waals surface area contributed by atoms with Crippen molar-refractivity contribution in [3.8, 4) is 0 Å². The highest BCUT2D eigenvalue weighted by atomic mass is 32.1. The Morgan fingerprint density at radius 1 is 1.21 bits per heavy atom. The number of rotatable bonds is 5. The fourth-order valence-electron chi connectivity index (χ4n) is 5.88. The molecule has 5 rings (SSSR count). The first-order chi connectivity index (χ1) is 18.2. The topological polar surface area (TPSA) is 94.2 Å². The summed E-state index contributed by atoms with van der Waals surface area (Å²) in [4.78, 5) is 44.9. The molecule has 3 saturated heterocycles. The minimum Gasteiger partial charge on any atom is -0.431 e. The maximum atomic E-state index is 13.8. The monoisotopic (exact) mass is 557 g/mol. The lowest BCUT2D eigenvalue weighted by Crippen LogP contribution is -2.58. The molecule has 11 heteroatoms. The van der Waals surface area contributed by atoms with Gasteiger partial charge in [0, 0.05) is 48.3 Å². The molecule has 3 aliphatic heterocycles. The van der Waals surface area contributed by atoms with Crippen LogP contribution in [0.25, 0.3) is 10.1 Å². The van der Waals surface area contributed by atoms with E-state index in [-0.39, 0.29) is 23.9 Å². The van der Waals surface area contributed by atoms with Crippen LogP contribution < -0.4 is 10.6 Å². The Bertz CT molecular complexity index is 1260. The third-order valence-electron chi connectivity index (χ3n) is 7.73. The molecule has 0 bridgehead atoms. The van der Waals surface area contributed by atoms with Crippen LogP contribution in [0.1, 0.15) is 56.8 Å². The summed E-state index contributed by atoms with van der Waals surface area (Å²) in [5, 5.41) is 8.53. The average molecular weight is 558 g/mol. The number of carbonyl (C=O) groups is 3. The molecule has 38 heavy (non-hydrogen) atoms. The Hall–Kier alpha value is -2.76. The van der Waals surface area contributed by atoms with E-state index in [1.54, 1.807) is 0 Å². The smallest absolute Gasteiger partial charge is 0.418 e. The molecule has 4 heterocycles. The van der Waals surface area contributed by atoms with Gasteiger partial charge in [-0.3, -0.25) is 14.5 Å². The summed E-state index contributed by atoms with van der Waals surface area (Å²) in [6, 6.07) is 7.94. The molecule has 0 radical (unpaired) electrons. The Balaban J connectivity index is 1.28. The Kier molecular flexibility index (Phi) is 7.61. The summed E-state index contributed by atoms with van der Waals surface area (Å²) in [6.45, 7) is 8.87. The molecule has 1 atom stereocenters. The number of anilines is 1. The van der Waals surface area contributed by atoms with Gasteiger partial charge >= 0.3 is 6.09 Å². The molecule has 2 N–H and O–H groups in total. The number of hydrogen-bond donors (Lipinski definition) is 2. The number of likely N-dealkylation sites (tertiary alicyclic amines) is 2. The number of thiocarbonyl (C=S) groups is 1. The lowest BCUT2D eigenvalue weighted by molar-refractivity contribution is -0.143. The number of benzene rings is 1. The predicted molar refractivity (Wildman–Crippen MR) is 153 cm³/mol. The van der Waals surface area contributed by atoms with Crippen LogP contribution in [0.3, 0.4) is 0 Å². The van der Waals surface area contributed by atoms with Gasteiger partial charge in [-0.1, -0.05) is 18.2 Å². The summed E-state index contributed by atoms with van der Waals surface area (Å²) in [5.41, 5.74) is -0.410. The third kappa shape index (κ3) is 4.87. The number of carbonyl (C=O) groups excluding carboxylic acids is 3. The fraction of sp³-hybridized carbons (Fsp3) is 0.556. The third-order valence-corrected chi connectivity index (χ3v) is 9.06. The first kappa shape index (κ1) is 26.8. The van der Waals surface area contributed by atoms with Gasteiger partial charge in [0.15, 0.2) is 5.11 Å². The largest absolute Gasteiger partial charge is 0.431 e. The molecule has 0 saturated carbocycles. The average Bonchev–Trinajstić information content (AvgIpc) is 3.37. The van der Waals surface area contributed by atoms with E-state index in [9.17, 15) is 14.4 Å². The minimum atomic E-state index is -1.08. The fourth-order valence-corrected chi connectivity index (χ4v) is 7.29. The molecule has 9 nitrogen and oxygen atoms in total. The Morgan fingerprint density at radius 2 is 1.95 bits per heavy atom. The molecule has 1 aromatic heterocycles. The number of hydrogen-bond acceptors (Lipinski definition) is 7. The van der Waals surface area contributed by atoms with Crippen LogP contribution in [0, 0.1) is 0 Å². The highest BCUT2D eigenvalue weighted by Crippen LogP contribution is 2.38. The van der Waals surface area contributed by atoms with Crippen molar-refractivity contribution in [1.82, 2.24) is 20.0 Å². The van der Waals surface area contributed by atoms with Gasteiger partial charge in [0.05, 0.1) is 5.56 Å². The zero-order valence-corrected chi connectivity index (χ0v) is 23.8. The van der Waals surface area contributed by atoms with Crippen molar-refractivity contribution in [3.63, 3.8) is 0 Å². The molecule has 204 valence electrons. The SMILES string of the molecule is CCNC(=S)Nc1sc2ccccc2c1C(=O)N1CCC(N2CCCC3(C2)OC(=O)N(C(C)C)C3=O)CC1. The van der Waals surface area contributed by atoms with Crippen molar-refractivity contribution in [2.75, 3.05) is 38.0 Å². The zero-order valence-electron chi connectivity index (χ0n) is 22.1. The quantitative estimate of drug-likeness (QED) is 0.533. The van der Waals surface area contributed by atoms with Crippen molar-refractivity contribution in [2.24, 2.45) is 0 Å². The molecule has 1 spiro atoms. The second kappa shape index (κ2) is 10.8. The van der Waals surface area contributed by atoms with Crippen molar-refractivity contribution < 1.29 is 19.1 Å². The molecule has 3 fully saturated rings. The summed E-state index contributed by atoms with van der Waals surface area (Å²) in [5.74, 6) is -0.208. The van der Waals surface area contributed by atoms with Crippen molar-refractivity contribution in [2.45, 2.75) is 64.1 Å². The van der Waals surface area contributed by atoms with Gasteiger partial charge in [-0.25, -0.2) is 9.69 Å². The first-order valence-corrected chi connectivity index (χ1v) is 14.6. The Labute approximate surface area is 232 Å². The number of thiophene rings is 1. The molecular formula is C27H35N5O4S2.